The van der Waals surface area contributed by atoms with Crippen molar-refractivity contribution >= 4 is 6.09 Å². The van der Waals surface area contributed by atoms with Crippen molar-refractivity contribution in [1.29, 1.82) is 0 Å². The summed E-state index contributed by atoms with van der Waals surface area (Å²) in [7, 11) is 3.13. The van der Waals surface area contributed by atoms with E-state index in [0.29, 0.717) is 0 Å². The molecular formula is C9H17NO3. The second-order valence-electron chi connectivity index (χ2n) is 3.61. The SMILES string of the molecule is COC(=O)N1CCC(C)(OC)CC1. The molecule has 1 heterocycles. The Morgan fingerprint density at radius 1 is 1.31 bits per heavy atom. The van der Waals surface area contributed by atoms with Crippen molar-refractivity contribution in [1.82, 2.24) is 4.90 Å². The zero-order chi connectivity index (χ0) is 9.90. The second kappa shape index (κ2) is 3.96. The molecule has 0 spiro atoms. The molecule has 0 unspecified atom stereocenters. The lowest BCUT2D eigenvalue weighted by Crippen LogP contribution is -2.46. The van der Waals surface area contributed by atoms with Gasteiger partial charge >= 0.3 is 6.09 Å². The van der Waals surface area contributed by atoms with E-state index in [0.717, 1.165) is 25.9 Å². The van der Waals surface area contributed by atoms with Crippen LogP contribution in [0.25, 0.3) is 0 Å². The van der Waals surface area contributed by atoms with Crippen molar-refractivity contribution in [2.75, 3.05) is 27.3 Å². The summed E-state index contributed by atoms with van der Waals surface area (Å²) in [4.78, 5) is 12.8. The number of carbonyl (C=O) groups excluding carboxylic acids is 1. The fourth-order valence-corrected chi connectivity index (χ4v) is 1.50. The number of ether oxygens (including phenoxy) is 2. The Bertz CT molecular complexity index is 185. The van der Waals surface area contributed by atoms with Crippen molar-refractivity contribution in [2.24, 2.45) is 0 Å². The normalized spacial score (nSPS) is 21.3. The summed E-state index contributed by atoms with van der Waals surface area (Å²) in [6.45, 7) is 3.51. The van der Waals surface area contributed by atoms with Crippen LogP contribution in [0.4, 0.5) is 4.79 Å². The summed E-state index contributed by atoms with van der Waals surface area (Å²) < 4.78 is 10.00. The highest BCUT2D eigenvalue weighted by atomic mass is 16.5. The Morgan fingerprint density at radius 3 is 2.23 bits per heavy atom. The third kappa shape index (κ3) is 2.34. The van der Waals surface area contributed by atoms with Gasteiger partial charge in [0.05, 0.1) is 12.7 Å². The van der Waals surface area contributed by atoms with E-state index in [1.807, 2.05) is 0 Å². The molecule has 0 aromatic carbocycles. The van der Waals surface area contributed by atoms with Crippen LogP contribution in [-0.2, 0) is 9.47 Å². The quantitative estimate of drug-likeness (QED) is 0.620. The molecule has 1 saturated heterocycles. The van der Waals surface area contributed by atoms with Gasteiger partial charge in [-0.1, -0.05) is 0 Å². The first-order chi connectivity index (χ1) is 6.11. The minimum Gasteiger partial charge on any atom is -0.453 e. The fourth-order valence-electron chi connectivity index (χ4n) is 1.50. The lowest BCUT2D eigenvalue weighted by atomic mass is 9.94. The van der Waals surface area contributed by atoms with Crippen LogP contribution in [0.1, 0.15) is 19.8 Å². The number of amides is 1. The van der Waals surface area contributed by atoms with E-state index >= 15 is 0 Å². The van der Waals surface area contributed by atoms with Crippen LogP contribution >= 0.6 is 0 Å². The van der Waals surface area contributed by atoms with Crippen LogP contribution in [0.15, 0.2) is 0 Å². The van der Waals surface area contributed by atoms with E-state index in [2.05, 4.69) is 11.7 Å². The van der Waals surface area contributed by atoms with Gasteiger partial charge < -0.3 is 14.4 Å². The molecule has 4 nitrogen and oxygen atoms in total. The minimum atomic E-state index is -0.238. The molecule has 0 atom stereocenters. The number of carbonyl (C=O) groups is 1. The van der Waals surface area contributed by atoms with Crippen LogP contribution in [0.5, 0.6) is 0 Å². The summed E-state index contributed by atoms with van der Waals surface area (Å²) in [5, 5.41) is 0. The van der Waals surface area contributed by atoms with Gasteiger partial charge in [0.1, 0.15) is 0 Å². The van der Waals surface area contributed by atoms with E-state index < -0.39 is 0 Å². The summed E-state index contributed by atoms with van der Waals surface area (Å²) in [5.74, 6) is 0. The maximum Gasteiger partial charge on any atom is 0.409 e. The van der Waals surface area contributed by atoms with E-state index in [1.54, 1.807) is 12.0 Å². The first-order valence-electron chi connectivity index (χ1n) is 4.49. The van der Waals surface area contributed by atoms with Gasteiger partial charge in [0.2, 0.25) is 0 Å². The number of rotatable bonds is 1. The Morgan fingerprint density at radius 2 is 1.85 bits per heavy atom. The van der Waals surface area contributed by atoms with Gasteiger partial charge in [-0.3, -0.25) is 0 Å². The molecule has 1 rings (SSSR count). The zero-order valence-corrected chi connectivity index (χ0v) is 8.50. The van der Waals surface area contributed by atoms with Crippen LogP contribution in [0, 0.1) is 0 Å². The molecule has 0 aromatic rings. The first kappa shape index (κ1) is 10.3. The molecule has 0 aliphatic carbocycles. The van der Waals surface area contributed by atoms with Gasteiger partial charge in [0, 0.05) is 20.2 Å². The smallest absolute Gasteiger partial charge is 0.409 e. The molecule has 1 fully saturated rings. The van der Waals surface area contributed by atoms with Crippen molar-refractivity contribution < 1.29 is 14.3 Å². The molecule has 76 valence electrons. The van der Waals surface area contributed by atoms with Gasteiger partial charge in [-0.25, -0.2) is 4.79 Å². The third-order valence-electron chi connectivity index (χ3n) is 2.75. The maximum atomic E-state index is 11.1. The second-order valence-corrected chi connectivity index (χ2v) is 3.61. The molecular weight excluding hydrogens is 170 g/mol. The lowest BCUT2D eigenvalue weighted by molar-refractivity contribution is -0.0397. The summed E-state index contributed by atoms with van der Waals surface area (Å²) in [6.07, 6.45) is 1.51. The predicted octanol–water partition coefficient (Wildman–Crippen LogP) is 1.25. The van der Waals surface area contributed by atoms with Crippen LogP contribution in [0.3, 0.4) is 0 Å². The highest BCUT2D eigenvalue weighted by Gasteiger charge is 2.31. The number of hydrogen-bond acceptors (Lipinski definition) is 3. The molecule has 1 amide bonds. The van der Waals surface area contributed by atoms with Crippen LogP contribution in [-0.4, -0.2) is 43.9 Å². The first-order valence-corrected chi connectivity index (χ1v) is 4.49. The Balaban J connectivity index is 2.43. The van der Waals surface area contributed by atoms with Gasteiger partial charge in [-0.05, 0) is 19.8 Å². The topological polar surface area (TPSA) is 38.8 Å². The molecule has 1 aliphatic heterocycles. The van der Waals surface area contributed by atoms with Gasteiger partial charge in [-0.15, -0.1) is 0 Å². The maximum absolute atomic E-state index is 11.1. The summed E-state index contributed by atoms with van der Waals surface area (Å²) >= 11 is 0. The van der Waals surface area contributed by atoms with Gasteiger partial charge in [0.15, 0.2) is 0 Å². The van der Waals surface area contributed by atoms with E-state index in [4.69, 9.17) is 4.74 Å². The van der Waals surface area contributed by atoms with Crippen molar-refractivity contribution in [3.8, 4) is 0 Å². The van der Waals surface area contributed by atoms with E-state index in [1.165, 1.54) is 7.11 Å². The van der Waals surface area contributed by atoms with Gasteiger partial charge in [0.25, 0.3) is 0 Å². The summed E-state index contributed by atoms with van der Waals surface area (Å²) in [5.41, 5.74) is -0.0650. The van der Waals surface area contributed by atoms with Crippen LogP contribution < -0.4 is 0 Å². The molecule has 0 aromatic heterocycles. The number of methoxy groups -OCH3 is 2. The Hall–Kier alpha value is -0.770. The number of hydrogen-bond donors (Lipinski definition) is 0. The Kier molecular flexibility index (Phi) is 3.14. The Labute approximate surface area is 78.8 Å². The van der Waals surface area contributed by atoms with Crippen molar-refractivity contribution in [3.63, 3.8) is 0 Å². The van der Waals surface area contributed by atoms with E-state index in [-0.39, 0.29) is 11.7 Å². The largest absolute Gasteiger partial charge is 0.453 e. The highest BCUT2D eigenvalue weighted by Crippen LogP contribution is 2.24. The average molecular weight is 187 g/mol. The summed E-state index contributed by atoms with van der Waals surface area (Å²) in [6, 6.07) is 0. The molecule has 0 radical (unpaired) electrons. The van der Waals surface area contributed by atoms with Gasteiger partial charge in [-0.2, -0.15) is 0 Å². The molecule has 0 N–H and O–H groups in total. The monoisotopic (exact) mass is 187 g/mol. The highest BCUT2D eigenvalue weighted by molar-refractivity contribution is 5.67. The molecule has 13 heavy (non-hydrogen) atoms. The number of likely N-dealkylation sites (tertiary alicyclic amines) is 1. The number of piperidine rings is 1. The third-order valence-corrected chi connectivity index (χ3v) is 2.75. The lowest BCUT2D eigenvalue weighted by Gasteiger charge is -2.37. The minimum absolute atomic E-state index is 0.0650. The predicted molar refractivity (Wildman–Crippen MR) is 48.6 cm³/mol. The number of nitrogens with zero attached hydrogens (tertiary/aromatic N) is 1. The standard InChI is InChI=1S/C9H17NO3/c1-9(13-3)4-6-10(7-5-9)8(11)12-2/h4-7H2,1-3H3. The average Bonchev–Trinajstić information content (AvgIpc) is 2.18. The zero-order valence-electron chi connectivity index (χ0n) is 8.50. The fraction of sp³-hybridized carbons (Fsp3) is 0.889. The van der Waals surface area contributed by atoms with Crippen molar-refractivity contribution in [2.45, 2.75) is 25.4 Å². The van der Waals surface area contributed by atoms with E-state index in [9.17, 15) is 4.79 Å². The van der Waals surface area contributed by atoms with Crippen molar-refractivity contribution in [3.05, 3.63) is 0 Å². The molecule has 1 aliphatic rings. The molecule has 4 heteroatoms. The molecule has 0 bridgehead atoms. The molecule has 0 saturated carbocycles. The van der Waals surface area contributed by atoms with Crippen LogP contribution in [0.2, 0.25) is 0 Å².